The number of phenols is 1. The first-order chi connectivity index (χ1) is 10.3. The molecular weight excluding hydrogens is 300 g/mol. The van der Waals surface area contributed by atoms with Gasteiger partial charge in [-0.15, -0.1) is 0 Å². The van der Waals surface area contributed by atoms with Gasteiger partial charge in [0.1, 0.15) is 11.4 Å². The Bertz CT molecular complexity index is 646. The lowest BCUT2D eigenvalue weighted by atomic mass is 9.60. The van der Waals surface area contributed by atoms with Crippen LogP contribution < -0.4 is 0 Å². The van der Waals surface area contributed by atoms with E-state index in [1.807, 2.05) is 0 Å². The molecular formula is C16H16F4O2. The van der Waals surface area contributed by atoms with E-state index in [2.05, 4.69) is 0 Å². The molecule has 2 bridgehead atoms. The third-order valence-electron chi connectivity index (χ3n) is 5.12. The fraction of sp³-hybridized carbons (Fsp3) is 0.500. The second kappa shape index (κ2) is 4.98. The van der Waals surface area contributed by atoms with Crippen LogP contribution in [0.2, 0.25) is 0 Å². The minimum Gasteiger partial charge on any atom is -0.505 e. The predicted octanol–water partition coefficient (Wildman–Crippen LogP) is 4.06. The van der Waals surface area contributed by atoms with Crippen molar-refractivity contribution in [2.24, 2.45) is 5.41 Å². The van der Waals surface area contributed by atoms with Gasteiger partial charge in [0, 0.05) is 5.41 Å². The molecule has 6 heteroatoms. The average Bonchev–Trinajstić information content (AvgIpc) is 2.51. The number of rotatable bonds is 3. The lowest BCUT2D eigenvalue weighted by molar-refractivity contribution is -0.0498. The van der Waals surface area contributed by atoms with Crippen LogP contribution in [0, 0.1) is 17.0 Å². The lowest BCUT2D eigenvalue weighted by Gasteiger charge is -2.48. The van der Waals surface area contributed by atoms with Crippen LogP contribution in [-0.4, -0.2) is 15.8 Å². The molecule has 2 N–H and O–H groups in total. The summed E-state index contributed by atoms with van der Waals surface area (Å²) in [7, 11) is 0. The highest BCUT2D eigenvalue weighted by atomic mass is 19.2. The maximum Gasteiger partial charge on any atom is 0.200 e. The first-order valence-corrected chi connectivity index (χ1v) is 7.24. The summed E-state index contributed by atoms with van der Waals surface area (Å²) in [6.45, 7) is 0. The number of hydrogen-bond donors (Lipinski definition) is 2. The highest BCUT2D eigenvalue weighted by molar-refractivity contribution is 5.32. The third kappa shape index (κ3) is 2.12. The van der Waals surface area contributed by atoms with Gasteiger partial charge in [-0.25, -0.2) is 13.2 Å². The van der Waals surface area contributed by atoms with Crippen molar-refractivity contribution in [3.05, 3.63) is 41.0 Å². The number of benzene rings is 1. The summed E-state index contributed by atoms with van der Waals surface area (Å²) in [6.07, 6.45) is 0.999. The molecule has 0 radical (unpaired) electrons. The molecule has 0 unspecified atom stereocenters. The van der Waals surface area contributed by atoms with Gasteiger partial charge in [-0.3, -0.25) is 0 Å². The molecule has 1 aromatic rings. The molecule has 0 aliphatic heterocycles. The zero-order valence-electron chi connectivity index (χ0n) is 11.8. The molecule has 120 valence electrons. The largest absolute Gasteiger partial charge is 0.505 e. The van der Waals surface area contributed by atoms with Crippen molar-refractivity contribution in [1.82, 2.24) is 0 Å². The number of hydrogen-bond acceptors (Lipinski definition) is 2. The lowest BCUT2D eigenvalue weighted by Crippen LogP contribution is -2.46. The number of aliphatic hydroxyl groups is 1. The van der Waals surface area contributed by atoms with Crippen LogP contribution in [0.3, 0.4) is 0 Å². The Morgan fingerprint density at radius 2 is 1.55 bits per heavy atom. The Hall–Kier alpha value is -1.56. The molecule has 1 fully saturated rings. The van der Waals surface area contributed by atoms with E-state index in [1.54, 1.807) is 0 Å². The fourth-order valence-electron chi connectivity index (χ4n) is 3.52. The maximum atomic E-state index is 14.3. The van der Waals surface area contributed by atoms with Gasteiger partial charge in [0.25, 0.3) is 0 Å². The first-order valence-electron chi connectivity index (χ1n) is 7.24. The van der Waals surface area contributed by atoms with Crippen LogP contribution in [0.1, 0.15) is 37.7 Å². The van der Waals surface area contributed by atoms with Crippen LogP contribution in [0.4, 0.5) is 17.6 Å². The van der Waals surface area contributed by atoms with Gasteiger partial charge in [0.05, 0.1) is 0 Å². The van der Waals surface area contributed by atoms with E-state index in [9.17, 15) is 22.7 Å². The molecule has 4 rings (SSSR count). The Morgan fingerprint density at radius 1 is 0.909 bits per heavy atom. The first kappa shape index (κ1) is 15.3. The van der Waals surface area contributed by atoms with E-state index in [0.29, 0.717) is 0 Å². The highest BCUT2D eigenvalue weighted by Gasteiger charge is 2.54. The molecule has 0 aromatic heterocycles. The van der Waals surface area contributed by atoms with E-state index in [1.165, 1.54) is 6.07 Å². The molecule has 0 amide bonds. The van der Waals surface area contributed by atoms with Crippen molar-refractivity contribution < 1.29 is 27.8 Å². The minimum atomic E-state index is -1.69. The van der Waals surface area contributed by atoms with Crippen LogP contribution in [0.25, 0.3) is 0 Å². The number of aryl methyl sites for hydroxylation is 1. The molecule has 3 aliphatic carbocycles. The summed E-state index contributed by atoms with van der Waals surface area (Å²) in [5.41, 5.74) is -2.72. The zero-order valence-corrected chi connectivity index (χ0v) is 11.8. The van der Waals surface area contributed by atoms with Crippen molar-refractivity contribution >= 4 is 0 Å². The van der Waals surface area contributed by atoms with Gasteiger partial charge >= 0.3 is 0 Å². The maximum absolute atomic E-state index is 14.3. The van der Waals surface area contributed by atoms with Gasteiger partial charge in [0.15, 0.2) is 17.4 Å². The second-order valence-electron chi connectivity index (χ2n) is 6.31. The summed E-state index contributed by atoms with van der Waals surface area (Å²) in [5, 5.41) is 19.0. The summed E-state index contributed by atoms with van der Waals surface area (Å²) >= 11 is 0. The van der Waals surface area contributed by atoms with Gasteiger partial charge < -0.3 is 10.2 Å². The van der Waals surface area contributed by atoms with Crippen molar-refractivity contribution in [3.8, 4) is 5.75 Å². The van der Waals surface area contributed by atoms with Crippen molar-refractivity contribution in [2.45, 2.75) is 44.1 Å². The van der Waals surface area contributed by atoms with Crippen LogP contribution in [0.15, 0.2) is 23.8 Å². The van der Waals surface area contributed by atoms with Crippen molar-refractivity contribution in [2.75, 3.05) is 0 Å². The van der Waals surface area contributed by atoms with Crippen LogP contribution in [0.5, 0.6) is 5.75 Å². The SMILES string of the molecule is Oc1ccc(CCC23CCC(O)(CC2)C(F)=C3F)c(F)c1F. The van der Waals surface area contributed by atoms with E-state index in [-0.39, 0.29) is 44.1 Å². The van der Waals surface area contributed by atoms with Gasteiger partial charge in [-0.05, 0) is 50.2 Å². The number of halogens is 4. The molecule has 0 saturated heterocycles. The molecule has 2 nitrogen and oxygen atoms in total. The third-order valence-corrected chi connectivity index (χ3v) is 5.12. The summed E-state index contributed by atoms with van der Waals surface area (Å²) < 4.78 is 55.2. The van der Waals surface area contributed by atoms with E-state index in [4.69, 9.17) is 5.11 Å². The standard InChI is InChI=1S/C16H16F4O2/c17-11-9(1-2-10(21)12(11)18)3-4-15-5-7-16(22,8-6-15)14(20)13(15)19/h1-2,21-22H,3-8H2. The monoisotopic (exact) mass is 316 g/mol. The van der Waals surface area contributed by atoms with Crippen molar-refractivity contribution in [3.63, 3.8) is 0 Å². The van der Waals surface area contributed by atoms with Gasteiger partial charge in [-0.1, -0.05) is 6.07 Å². The number of phenolic OH excluding ortho intramolecular Hbond substituents is 1. The Labute approximate surface area is 125 Å². The molecule has 0 spiro atoms. The molecule has 3 aliphatic rings. The number of allylic oxidation sites excluding steroid dienone is 1. The smallest absolute Gasteiger partial charge is 0.200 e. The van der Waals surface area contributed by atoms with E-state index < -0.39 is 40.1 Å². The zero-order chi connectivity index (χ0) is 16.1. The Morgan fingerprint density at radius 3 is 2.18 bits per heavy atom. The molecule has 22 heavy (non-hydrogen) atoms. The fourth-order valence-corrected chi connectivity index (χ4v) is 3.52. The summed E-state index contributed by atoms with van der Waals surface area (Å²) in [6, 6.07) is 2.28. The Kier molecular flexibility index (Phi) is 3.47. The van der Waals surface area contributed by atoms with Crippen LogP contribution >= 0.6 is 0 Å². The topological polar surface area (TPSA) is 40.5 Å². The number of aromatic hydroxyl groups is 1. The van der Waals surface area contributed by atoms with Gasteiger partial charge in [-0.2, -0.15) is 4.39 Å². The number of fused-ring (bicyclic) bond motifs is 2. The predicted molar refractivity (Wildman–Crippen MR) is 71.4 cm³/mol. The quantitative estimate of drug-likeness (QED) is 0.826. The second-order valence-corrected chi connectivity index (χ2v) is 6.31. The Balaban J connectivity index is 1.84. The molecule has 0 heterocycles. The van der Waals surface area contributed by atoms with Crippen LogP contribution in [-0.2, 0) is 6.42 Å². The molecule has 1 saturated carbocycles. The summed E-state index contributed by atoms with van der Waals surface area (Å²) in [4.78, 5) is 0. The van der Waals surface area contributed by atoms with E-state index >= 15 is 0 Å². The average molecular weight is 316 g/mol. The normalized spacial score (nSPS) is 31.0. The van der Waals surface area contributed by atoms with Gasteiger partial charge in [0.2, 0.25) is 5.82 Å². The molecule has 1 aromatic carbocycles. The molecule has 0 atom stereocenters. The highest BCUT2D eigenvalue weighted by Crippen LogP contribution is 2.58. The minimum absolute atomic E-state index is 0.0179. The summed E-state index contributed by atoms with van der Waals surface area (Å²) in [5.74, 6) is -5.34. The van der Waals surface area contributed by atoms with Crippen molar-refractivity contribution in [1.29, 1.82) is 0 Å². The van der Waals surface area contributed by atoms with E-state index in [0.717, 1.165) is 6.07 Å².